The zero-order chi connectivity index (χ0) is 14.7. The first kappa shape index (κ1) is 14.7. The quantitative estimate of drug-likeness (QED) is 0.843. The Morgan fingerprint density at radius 2 is 1.70 bits per heavy atom. The first-order valence-corrected chi connectivity index (χ1v) is 7.12. The fraction of sp³-hybridized carbons (Fsp3) is 0.333. The van der Waals surface area contributed by atoms with Crippen molar-refractivity contribution in [3.63, 3.8) is 0 Å². The first-order chi connectivity index (χ1) is 9.51. The summed E-state index contributed by atoms with van der Waals surface area (Å²) in [6.45, 7) is 9.16. The van der Waals surface area contributed by atoms with E-state index >= 15 is 0 Å². The Balaban J connectivity index is 2.47. The summed E-state index contributed by atoms with van der Waals surface area (Å²) >= 11 is 0. The highest BCUT2D eigenvalue weighted by Crippen LogP contribution is 2.28. The number of hydrogen-bond acceptors (Lipinski definition) is 1. The van der Waals surface area contributed by atoms with Crippen LogP contribution >= 0.6 is 0 Å². The molecule has 1 atom stereocenters. The van der Waals surface area contributed by atoms with E-state index in [9.17, 15) is 4.39 Å². The molecule has 0 aliphatic heterocycles. The van der Waals surface area contributed by atoms with Crippen molar-refractivity contribution in [2.45, 2.75) is 33.7 Å². The van der Waals surface area contributed by atoms with Gasteiger partial charge in [-0.25, -0.2) is 4.39 Å². The number of halogens is 1. The van der Waals surface area contributed by atoms with Crippen LogP contribution in [-0.4, -0.2) is 6.54 Å². The molecular formula is C18H22FN. The molecule has 0 saturated carbocycles. The van der Waals surface area contributed by atoms with E-state index in [0.717, 1.165) is 28.8 Å². The fourth-order valence-corrected chi connectivity index (χ4v) is 2.59. The molecule has 106 valence electrons. The summed E-state index contributed by atoms with van der Waals surface area (Å²) in [5, 5.41) is 3.36. The Morgan fingerprint density at radius 3 is 2.30 bits per heavy atom. The van der Waals surface area contributed by atoms with E-state index in [4.69, 9.17) is 0 Å². The van der Waals surface area contributed by atoms with Crippen LogP contribution in [0.15, 0.2) is 36.4 Å². The van der Waals surface area contributed by atoms with Crippen LogP contribution in [0.4, 0.5) is 4.39 Å². The van der Waals surface area contributed by atoms with Crippen LogP contribution in [-0.2, 0) is 0 Å². The lowest BCUT2D eigenvalue weighted by atomic mass is 9.97. The Kier molecular flexibility index (Phi) is 4.56. The number of rotatable bonds is 4. The van der Waals surface area contributed by atoms with Gasteiger partial charge < -0.3 is 5.32 Å². The third kappa shape index (κ3) is 3.26. The fourth-order valence-electron chi connectivity index (χ4n) is 2.59. The van der Waals surface area contributed by atoms with Crippen LogP contribution in [0.1, 0.15) is 36.6 Å². The van der Waals surface area contributed by atoms with E-state index < -0.39 is 0 Å². The van der Waals surface area contributed by atoms with Crippen LogP contribution in [0.25, 0.3) is 11.1 Å². The first-order valence-electron chi connectivity index (χ1n) is 7.12. The minimum Gasteiger partial charge on any atom is -0.310 e. The summed E-state index contributed by atoms with van der Waals surface area (Å²) in [6.07, 6.45) is 0. The van der Waals surface area contributed by atoms with Gasteiger partial charge in [-0.2, -0.15) is 0 Å². The second kappa shape index (κ2) is 6.19. The van der Waals surface area contributed by atoms with Crippen LogP contribution < -0.4 is 5.32 Å². The molecule has 0 fully saturated rings. The lowest BCUT2D eigenvalue weighted by Crippen LogP contribution is -2.17. The van der Waals surface area contributed by atoms with E-state index in [0.29, 0.717) is 5.56 Å². The van der Waals surface area contributed by atoms with Gasteiger partial charge in [0, 0.05) is 11.6 Å². The van der Waals surface area contributed by atoms with Gasteiger partial charge in [0.2, 0.25) is 0 Å². The number of nitrogens with one attached hydrogen (secondary N) is 1. The summed E-state index contributed by atoms with van der Waals surface area (Å²) < 4.78 is 14.1. The zero-order valence-corrected chi connectivity index (χ0v) is 12.6. The molecule has 1 nitrogen and oxygen atoms in total. The molecule has 0 heterocycles. The van der Waals surface area contributed by atoms with E-state index in [1.165, 1.54) is 0 Å². The van der Waals surface area contributed by atoms with Gasteiger partial charge in [0.05, 0.1) is 0 Å². The maximum atomic E-state index is 14.1. The van der Waals surface area contributed by atoms with E-state index in [1.54, 1.807) is 6.07 Å². The second-order valence-electron chi connectivity index (χ2n) is 5.40. The minimum absolute atomic E-state index is 0.164. The molecule has 2 aromatic carbocycles. The minimum atomic E-state index is -0.164. The molecule has 1 N–H and O–H groups in total. The summed E-state index contributed by atoms with van der Waals surface area (Å²) in [6, 6.07) is 11.8. The monoisotopic (exact) mass is 271 g/mol. The molecule has 1 unspecified atom stereocenters. The highest BCUT2D eigenvalue weighted by molar-refractivity contribution is 5.66. The number of benzene rings is 2. The van der Waals surface area contributed by atoms with Gasteiger partial charge in [0.25, 0.3) is 0 Å². The molecule has 2 rings (SSSR count). The van der Waals surface area contributed by atoms with Crippen molar-refractivity contribution in [1.29, 1.82) is 0 Å². The van der Waals surface area contributed by atoms with Gasteiger partial charge in [0.1, 0.15) is 5.82 Å². The van der Waals surface area contributed by atoms with Crippen LogP contribution in [0.3, 0.4) is 0 Å². The second-order valence-corrected chi connectivity index (χ2v) is 5.40. The third-order valence-corrected chi connectivity index (χ3v) is 3.53. The van der Waals surface area contributed by atoms with Crippen LogP contribution in [0.2, 0.25) is 0 Å². The Bertz CT molecular complexity index is 584. The van der Waals surface area contributed by atoms with Crippen molar-refractivity contribution in [3.05, 3.63) is 58.9 Å². The smallest absolute Gasteiger partial charge is 0.131 e. The van der Waals surface area contributed by atoms with Gasteiger partial charge in [0.15, 0.2) is 0 Å². The van der Waals surface area contributed by atoms with Gasteiger partial charge in [-0.3, -0.25) is 0 Å². The largest absolute Gasteiger partial charge is 0.310 e. The maximum absolute atomic E-state index is 14.1. The van der Waals surface area contributed by atoms with E-state index in [2.05, 4.69) is 25.2 Å². The molecule has 0 amide bonds. The highest BCUT2D eigenvalue weighted by Gasteiger charge is 2.10. The predicted molar refractivity (Wildman–Crippen MR) is 83.4 cm³/mol. The van der Waals surface area contributed by atoms with Gasteiger partial charge >= 0.3 is 0 Å². The van der Waals surface area contributed by atoms with E-state index in [1.807, 2.05) is 38.1 Å². The highest BCUT2D eigenvalue weighted by atomic mass is 19.1. The Morgan fingerprint density at radius 1 is 1.05 bits per heavy atom. The number of aryl methyl sites for hydroxylation is 2. The molecule has 0 radical (unpaired) electrons. The van der Waals surface area contributed by atoms with Crippen molar-refractivity contribution in [3.8, 4) is 11.1 Å². The topological polar surface area (TPSA) is 12.0 Å². The summed E-state index contributed by atoms with van der Waals surface area (Å²) in [7, 11) is 0. The van der Waals surface area contributed by atoms with Crippen LogP contribution in [0.5, 0.6) is 0 Å². The van der Waals surface area contributed by atoms with Crippen molar-refractivity contribution in [2.75, 3.05) is 6.54 Å². The van der Waals surface area contributed by atoms with Crippen molar-refractivity contribution in [1.82, 2.24) is 5.32 Å². The maximum Gasteiger partial charge on any atom is 0.131 e. The molecule has 0 aromatic heterocycles. The standard InChI is InChI=1S/C18H22FN/c1-5-20-14(4)15-6-7-18(19)17(11-15)16-9-12(2)8-13(3)10-16/h6-11,14,20H,5H2,1-4H3. The predicted octanol–water partition coefficient (Wildman–Crippen LogP) is 4.78. The van der Waals surface area contributed by atoms with Gasteiger partial charge in [-0.05, 0) is 50.6 Å². The lowest BCUT2D eigenvalue weighted by Gasteiger charge is -2.15. The SMILES string of the molecule is CCNC(C)c1ccc(F)c(-c2cc(C)cc(C)c2)c1. The lowest BCUT2D eigenvalue weighted by molar-refractivity contribution is 0.593. The van der Waals surface area contributed by atoms with E-state index in [-0.39, 0.29) is 11.9 Å². The molecule has 2 aromatic rings. The normalized spacial score (nSPS) is 12.4. The average molecular weight is 271 g/mol. The Hall–Kier alpha value is -1.67. The van der Waals surface area contributed by atoms with Gasteiger partial charge in [-0.1, -0.05) is 42.3 Å². The summed E-state index contributed by atoms with van der Waals surface area (Å²) in [5.41, 5.74) is 5.06. The third-order valence-electron chi connectivity index (χ3n) is 3.53. The Labute approximate surface area is 120 Å². The molecule has 0 aliphatic rings. The average Bonchev–Trinajstić information content (AvgIpc) is 2.38. The molecular weight excluding hydrogens is 249 g/mol. The molecule has 0 spiro atoms. The van der Waals surface area contributed by atoms with Crippen molar-refractivity contribution in [2.24, 2.45) is 0 Å². The number of hydrogen-bond donors (Lipinski definition) is 1. The molecule has 0 saturated heterocycles. The van der Waals surface area contributed by atoms with Crippen LogP contribution in [0, 0.1) is 19.7 Å². The van der Waals surface area contributed by atoms with Crippen molar-refractivity contribution < 1.29 is 4.39 Å². The summed E-state index contributed by atoms with van der Waals surface area (Å²) in [5.74, 6) is -0.164. The van der Waals surface area contributed by atoms with Crippen molar-refractivity contribution >= 4 is 0 Å². The molecule has 20 heavy (non-hydrogen) atoms. The van der Waals surface area contributed by atoms with Gasteiger partial charge in [-0.15, -0.1) is 0 Å². The molecule has 0 bridgehead atoms. The zero-order valence-electron chi connectivity index (χ0n) is 12.6. The molecule has 0 aliphatic carbocycles. The molecule has 2 heteroatoms. The summed E-state index contributed by atoms with van der Waals surface area (Å²) in [4.78, 5) is 0.